The molecule has 2 heterocycles. The minimum absolute atomic E-state index is 0.0550. The number of fused-ring (bicyclic) bond motifs is 3. The van der Waals surface area contributed by atoms with Crippen LogP contribution in [0, 0.1) is 6.92 Å². The zero-order valence-electron chi connectivity index (χ0n) is 15.5. The quantitative estimate of drug-likeness (QED) is 0.479. The van der Waals surface area contributed by atoms with Crippen LogP contribution in [0.5, 0.6) is 0 Å². The lowest BCUT2D eigenvalue weighted by molar-refractivity contribution is -0.119. The van der Waals surface area contributed by atoms with Crippen LogP contribution in [0.4, 0.5) is 0 Å². The molecule has 0 fully saturated rings. The monoisotopic (exact) mass is 410 g/mol. The van der Waals surface area contributed by atoms with Gasteiger partial charge in [-0.3, -0.25) is 9.20 Å². The Kier molecular flexibility index (Phi) is 5.24. The van der Waals surface area contributed by atoms with Crippen molar-refractivity contribution in [2.24, 2.45) is 0 Å². The highest BCUT2D eigenvalue weighted by atomic mass is 35.5. The van der Waals surface area contributed by atoms with Crippen molar-refractivity contribution in [3.8, 4) is 0 Å². The number of aryl methyl sites for hydroxylation is 1. The fourth-order valence-corrected chi connectivity index (χ4v) is 4.11. The van der Waals surface area contributed by atoms with Gasteiger partial charge in [0, 0.05) is 10.4 Å². The van der Waals surface area contributed by atoms with Crippen LogP contribution < -0.4 is 5.32 Å². The summed E-state index contributed by atoms with van der Waals surface area (Å²) in [7, 11) is 0. The van der Waals surface area contributed by atoms with Crippen molar-refractivity contribution >= 4 is 45.8 Å². The zero-order chi connectivity index (χ0) is 19.7. The molecule has 2 aromatic heterocycles. The highest BCUT2D eigenvalue weighted by Crippen LogP contribution is 2.25. The lowest BCUT2D eigenvalue weighted by Crippen LogP contribution is -2.28. The van der Waals surface area contributed by atoms with Crippen LogP contribution >= 0.6 is 23.4 Å². The zero-order valence-corrected chi connectivity index (χ0v) is 17.1. The largest absolute Gasteiger partial charge is 0.349 e. The normalized spacial score (nSPS) is 12.4. The van der Waals surface area contributed by atoms with Crippen LogP contribution in [0.1, 0.15) is 24.1 Å². The maximum Gasteiger partial charge on any atom is 0.230 e. The number of hydrogen-bond acceptors (Lipinski definition) is 4. The molecule has 0 saturated carbocycles. The number of nitrogens with zero attached hydrogens (tertiary/aromatic N) is 3. The number of carbonyl (C=O) groups is 1. The topological polar surface area (TPSA) is 59.3 Å². The van der Waals surface area contributed by atoms with E-state index in [9.17, 15) is 4.79 Å². The van der Waals surface area contributed by atoms with E-state index in [4.69, 9.17) is 11.6 Å². The summed E-state index contributed by atoms with van der Waals surface area (Å²) in [4.78, 5) is 12.4. The van der Waals surface area contributed by atoms with Gasteiger partial charge < -0.3 is 5.32 Å². The van der Waals surface area contributed by atoms with Crippen LogP contribution in [-0.2, 0) is 4.79 Å². The summed E-state index contributed by atoms with van der Waals surface area (Å²) >= 11 is 7.30. The first kappa shape index (κ1) is 18.8. The molecule has 1 atom stereocenters. The van der Waals surface area contributed by atoms with E-state index in [0.717, 1.165) is 27.7 Å². The number of halogens is 1. The predicted octanol–water partition coefficient (Wildman–Crippen LogP) is 4.81. The number of amides is 1. The second-order valence-corrected chi connectivity index (χ2v) is 8.03. The Morgan fingerprint density at radius 2 is 1.93 bits per heavy atom. The maximum atomic E-state index is 12.4. The summed E-state index contributed by atoms with van der Waals surface area (Å²) in [6.45, 7) is 4.02. The summed E-state index contributed by atoms with van der Waals surface area (Å²) in [6, 6.07) is 17.5. The average molecular weight is 411 g/mol. The van der Waals surface area contributed by atoms with E-state index in [2.05, 4.69) is 28.5 Å². The molecule has 0 aliphatic carbocycles. The molecule has 1 amide bonds. The number of aromatic nitrogens is 3. The third-order valence-corrected chi connectivity index (χ3v) is 5.83. The molecule has 2 aromatic carbocycles. The van der Waals surface area contributed by atoms with Crippen molar-refractivity contribution in [2.75, 3.05) is 5.75 Å². The third-order valence-electron chi connectivity index (χ3n) is 4.65. The molecule has 4 rings (SSSR count). The van der Waals surface area contributed by atoms with Gasteiger partial charge in [0.2, 0.25) is 5.91 Å². The van der Waals surface area contributed by atoms with E-state index in [-0.39, 0.29) is 17.7 Å². The second-order valence-electron chi connectivity index (χ2n) is 6.65. The van der Waals surface area contributed by atoms with Crippen molar-refractivity contribution in [2.45, 2.75) is 25.0 Å². The van der Waals surface area contributed by atoms with E-state index in [0.29, 0.717) is 10.2 Å². The molecule has 0 spiro atoms. The molecule has 142 valence electrons. The molecule has 0 aliphatic heterocycles. The van der Waals surface area contributed by atoms with Gasteiger partial charge in [0.25, 0.3) is 0 Å². The molecule has 0 radical (unpaired) electrons. The molecule has 0 aliphatic rings. The van der Waals surface area contributed by atoms with Crippen LogP contribution in [-0.4, -0.2) is 26.3 Å². The van der Waals surface area contributed by atoms with E-state index in [1.807, 2.05) is 59.9 Å². The minimum atomic E-state index is -0.0935. The Balaban J connectivity index is 1.50. The maximum absolute atomic E-state index is 12.4. The van der Waals surface area contributed by atoms with Gasteiger partial charge in [-0.05, 0) is 49.2 Å². The number of para-hydroxylation sites is 1. The molecular weight excluding hydrogens is 392 g/mol. The van der Waals surface area contributed by atoms with Crippen molar-refractivity contribution in [1.29, 1.82) is 0 Å². The molecule has 28 heavy (non-hydrogen) atoms. The number of pyridine rings is 1. The van der Waals surface area contributed by atoms with E-state index < -0.39 is 0 Å². The van der Waals surface area contributed by atoms with Crippen LogP contribution in [0.3, 0.4) is 0 Å². The molecule has 7 heteroatoms. The summed E-state index contributed by atoms with van der Waals surface area (Å²) in [6.07, 6.45) is 0. The Morgan fingerprint density at radius 1 is 1.18 bits per heavy atom. The van der Waals surface area contributed by atoms with Crippen molar-refractivity contribution < 1.29 is 4.79 Å². The number of hydrogen-bond donors (Lipinski definition) is 1. The molecule has 1 N–H and O–H groups in total. The highest BCUT2D eigenvalue weighted by molar-refractivity contribution is 7.99. The number of thioether (sulfide) groups is 1. The van der Waals surface area contributed by atoms with Crippen LogP contribution in [0.2, 0.25) is 5.02 Å². The van der Waals surface area contributed by atoms with Gasteiger partial charge in [0.1, 0.15) is 0 Å². The number of rotatable bonds is 5. The van der Waals surface area contributed by atoms with Gasteiger partial charge in [-0.25, -0.2) is 0 Å². The van der Waals surface area contributed by atoms with Crippen molar-refractivity contribution in [1.82, 2.24) is 19.9 Å². The molecule has 0 saturated heterocycles. The molecule has 1 unspecified atom stereocenters. The summed E-state index contributed by atoms with van der Waals surface area (Å²) in [5.74, 6) is 0.210. The summed E-state index contributed by atoms with van der Waals surface area (Å²) in [5.41, 5.74) is 3.99. The average Bonchev–Trinajstić information content (AvgIpc) is 3.10. The smallest absolute Gasteiger partial charge is 0.230 e. The van der Waals surface area contributed by atoms with Crippen molar-refractivity contribution in [3.63, 3.8) is 0 Å². The highest BCUT2D eigenvalue weighted by Gasteiger charge is 2.14. The lowest BCUT2D eigenvalue weighted by Gasteiger charge is -2.14. The minimum Gasteiger partial charge on any atom is -0.349 e. The lowest BCUT2D eigenvalue weighted by atomic mass is 10.1. The number of benzene rings is 2. The van der Waals surface area contributed by atoms with Crippen LogP contribution in [0.25, 0.3) is 16.6 Å². The fourth-order valence-electron chi connectivity index (χ4n) is 3.22. The third kappa shape index (κ3) is 3.70. The first-order valence-electron chi connectivity index (χ1n) is 8.94. The summed E-state index contributed by atoms with van der Waals surface area (Å²) < 4.78 is 2.00. The first-order valence-corrected chi connectivity index (χ1v) is 10.3. The molecule has 4 aromatic rings. The SMILES string of the molecule is Cc1cc2nnc(SCC(=O)NC(C)c3ccc(Cl)cc3)n2c2ccccc12. The van der Waals surface area contributed by atoms with E-state index in [1.54, 1.807) is 0 Å². The molecule has 5 nitrogen and oxygen atoms in total. The Bertz CT molecular complexity index is 1160. The predicted molar refractivity (Wildman–Crippen MR) is 114 cm³/mol. The summed E-state index contributed by atoms with van der Waals surface area (Å²) in [5, 5.41) is 14.1. The van der Waals surface area contributed by atoms with Gasteiger partial charge in [-0.2, -0.15) is 0 Å². The van der Waals surface area contributed by atoms with Gasteiger partial charge in [-0.15, -0.1) is 10.2 Å². The van der Waals surface area contributed by atoms with E-state index >= 15 is 0 Å². The van der Waals surface area contributed by atoms with Crippen molar-refractivity contribution in [3.05, 3.63) is 70.7 Å². The Labute approximate surface area is 172 Å². The molecule has 0 bridgehead atoms. The first-order chi connectivity index (χ1) is 13.5. The fraction of sp³-hybridized carbons (Fsp3) is 0.190. The Morgan fingerprint density at radius 3 is 2.71 bits per heavy atom. The second kappa shape index (κ2) is 7.81. The van der Waals surface area contributed by atoms with Gasteiger partial charge in [0.15, 0.2) is 10.8 Å². The Hall–Kier alpha value is -2.57. The van der Waals surface area contributed by atoms with Gasteiger partial charge in [0.05, 0.1) is 17.3 Å². The van der Waals surface area contributed by atoms with Gasteiger partial charge in [-0.1, -0.05) is 53.7 Å². The van der Waals surface area contributed by atoms with E-state index in [1.165, 1.54) is 11.8 Å². The molecular formula is C21H19ClN4OS. The van der Waals surface area contributed by atoms with Gasteiger partial charge >= 0.3 is 0 Å². The number of nitrogens with one attached hydrogen (secondary N) is 1. The standard InChI is InChI=1S/C21H19ClN4OS/c1-13-11-19-24-25-21(26(19)18-6-4-3-5-17(13)18)28-12-20(27)23-14(2)15-7-9-16(22)10-8-15/h3-11,14H,12H2,1-2H3,(H,23,27). The number of carbonyl (C=O) groups excluding carboxylic acids is 1. The van der Waals surface area contributed by atoms with Crippen LogP contribution in [0.15, 0.2) is 59.8 Å².